The number of likely N-dealkylation sites (tertiary alicyclic amines) is 1. The summed E-state index contributed by atoms with van der Waals surface area (Å²) in [6.07, 6.45) is 5.16. The van der Waals surface area contributed by atoms with Crippen LogP contribution in [0.5, 0.6) is 0 Å². The second-order valence-electron chi connectivity index (χ2n) is 4.08. The van der Waals surface area contributed by atoms with Crippen molar-refractivity contribution in [3.8, 4) is 0 Å². The zero-order chi connectivity index (χ0) is 9.97. The molecule has 2 aliphatic rings. The SMILES string of the molecule is O=C1C[C@@H](N2CCCCCC2)C(=O)N1. The normalized spacial score (nSPS) is 30.1. The van der Waals surface area contributed by atoms with Gasteiger partial charge in [-0.3, -0.25) is 19.8 Å². The second-order valence-corrected chi connectivity index (χ2v) is 4.08. The second kappa shape index (κ2) is 4.09. The number of imide groups is 1. The van der Waals surface area contributed by atoms with E-state index >= 15 is 0 Å². The van der Waals surface area contributed by atoms with Gasteiger partial charge in [-0.15, -0.1) is 0 Å². The van der Waals surface area contributed by atoms with E-state index in [1.807, 2.05) is 0 Å². The molecule has 0 radical (unpaired) electrons. The molecule has 0 spiro atoms. The Morgan fingerprint density at radius 3 is 2.21 bits per heavy atom. The van der Waals surface area contributed by atoms with Crippen molar-refractivity contribution in [1.82, 2.24) is 10.2 Å². The fourth-order valence-corrected chi connectivity index (χ4v) is 2.24. The van der Waals surface area contributed by atoms with Gasteiger partial charge in [0.15, 0.2) is 0 Å². The van der Waals surface area contributed by atoms with Crippen molar-refractivity contribution >= 4 is 11.8 Å². The van der Waals surface area contributed by atoms with E-state index < -0.39 is 0 Å². The molecule has 0 aliphatic carbocycles. The van der Waals surface area contributed by atoms with Gasteiger partial charge in [0.1, 0.15) is 0 Å². The van der Waals surface area contributed by atoms with Crippen LogP contribution in [0.2, 0.25) is 0 Å². The number of nitrogens with zero attached hydrogens (tertiary/aromatic N) is 1. The molecule has 2 heterocycles. The molecule has 0 unspecified atom stereocenters. The van der Waals surface area contributed by atoms with Crippen molar-refractivity contribution in [2.24, 2.45) is 0 Å². The lowest BCUT2D eigenvalue weighted by Crippen LogP contribution is -2.41. The van der Waals surface area contributed by atoms with E-state index in [2.05, 4.69) is 10.2 Å². The highest BCUT2D eigenvalue weighted by Crippen LogP contribution is 2.17. The highest BCUT2D eigenvalue weighted by atomic mass is 16.2. The van der Waals surface area contributed by atoms with Crippen LogP contribution in [0.25, 0.3) is 0 Å². The zero-order valence-corrected chi connectivity index (χ0v) is 8.29. The lowest BCUT2D eigenvalue weighted by molar-refractivity contribution is -0.126. The van der Waals surface area contributed by atoms with Crippen molar-refractivity contribution < 1.29 is 9.59 Å². The molecule has 1 N–H and O–H groups in total. The largest absolute Gasteiger partial charge is 0.295 e. The Morgan fingerprint density at radius 1 is 1.07 bits per heavy atom. The first kappa shape index (κ1) is 9.65. The van der Waals surface area contributed by atoms with Gasteiger partial charge in [0.25, 0.3) is 0 Å². The molecule has 4 heteroatoms. The number of rotatable bonds is 1. The van der Waals surface area contributed by atoms with Crippen LogP contribution >= 0.6 is 0 Å². The Kier molecular flexibility index (Phi) is 2.82. The van der Waals surface area contributed by atoms with E-state index in [1.54, 1.807) is 0 Å². The summed E-state index contributed by atoms with van der Waals surface area (Å²) >= 11 is 0. The van der Waals surface area contributed by atoms with Crippen LogP contribution in [0.4, 0.5) is 0 Å². The van der Waals surface area contributed by atoms with E-state index in [0.29, 0.717) is 6.42 Å². The minimum atomic E-state index is -0.180. The first-order valence-electron chi connectivity index (χ1n) is 5.35. The van der Waals surface area contributed by atoms with Gasteiger partial charge >= 0.3 is 0 Å². The number of nitrogens with one attached hydrogen (secondary N) is 1. The molecule has 14 heavy (non-hydrogen) atoms. The fraction of sp³-hybridized carbons (Fsp3) is 0.800. The number of hydrogen-bond acceptors (Lipinski definition) is 3. The summed E-state index contributed by atoms with van der Waals surface area (Å²) < 4.78 is 0. The number of amides is 2. The number of carbonyl (C=O) groups excluding carboxylic acids is 2. The summed E-state index contributed by atoms with van der Waals surface area (Å²) in [5, 5.41) is 2.37. The lowest BCUT2D eigenvalue weighted by atomic mass is 10.2. The standard InChI is InChI=1S/C10H16N2O2/c13-9-7-8(10(14)11-9)12-5-3-1-2-4-6-12/h8H,1-7H2,(H,11,13,14)/t8-/m1/s1. The maximum atomic E-state index is 11.4. The van der Waals surface area contributed by atoms with Crippen LogP contribution in [-0.4, -0.2) is 35.8 Å². The molecular weight excluding hydrogens is 180 g/mol. The Balaban J connectivity index is 1.98. The van der Waals surface area contributed by atoms with Crippen LogP contribution in [-0.2, 0) is 9.59 Å². The van der Waals surface area contributed by atoms with Crippen LogP contribution in [0.3, 0.4) is 0 Å². The van der Waals surface area contributed by atoms with E-state index in [0.717, 1.165) is 25.9 Å². The predicted molar refractivity (Wildman–Crippen MR) is 51.6 cm³/mol. The van der Waals surface area contributed by atoms with Gasteiger partial charge in [-0.2, -0.15) is 0 Å². The third-order valence-corrected chi connectivity index (χ3v) is 3.03. The minimum absolute atomic E-state index is 0.100. The summed E-state index contributed by atoms with van der Waals surface area (Å²) in [4.78, 5) is 24.6. The smallest absolute Gasteiger partial charge is 0.244 e. The van der Waals surface area contributed by atoms with Crippen molar-refractivity contribution in [2.45, 2.75) is 38.1 Å². The summed E-state index contributed by atoms with van der Waals surface area (Å²) in [7, 11) is 0. The Hall–Kier alpha value is -0.900. The van der Waals surface area contributed by atoms with Gasteiger partial charge in [0.2, 0.25) is 11.8 Å². The Labute approximate surface area is 83.6 Å². The molecule has 2 saturated heterocycles. The van der Waals surface area contributed by atoms with E-state index in [1.165, 1.54) is 12.8 Å². The molecule has 0 bridgehead atoms. The van der Waals surface area contributed by atoms with Crippen molar-refractivity contribution in [1.29, 1.82) is 0 Å². The molecule has 78 valence electrons. The van der Waals surface area contributed by atoms with E-state index in [9.17, 15) is 9.59 Å². The van der Waals surface area contributed by atoms with Crippen LogP contribution in [0, 0.1) is 0 Å². The lowest BCUT2D eigenvalue weighted by Gasteiger charge is -2.24. The van der Waals surface area contributed by atoms with Crippen LogP contribution < -0.4 is 5.32 Å². The number of carbonyl (C=O) groups is 2. The van der Waals surface area contributed by atoms with Gasteiger partial charge in [-0.05, 0) is 25.9 Å². The summed E-state index contributed by atoms with van der Waals surface area (Å²) in [5.74, 6) is -0.221. The highest BCUT2D eigenvalue weighted by molar-refractivity contribution is 6.05. The molecule has 2 rings (SSSR count). The van der Waals surface area contributed by atoms with Gasteiger partial charge in [0.05, 0.1) is 12.5 Å². The third kappa shape index (κ3) is 1.95. The average molecular weight is 196 g/mol. The van der Waals surface area contributed by atoms with Crippen LogP contribution in [0.1, 0.15) is 32.1 Å². The fourth-order valence-electron chi connectivity index (χ4n) is 2.24. The molecule has 2 aliphatic heterocycles. The molecule has 0 aromatic carbocycles. The quantitative estimate of drug-likeness (QED) is 0.613. The van der Waals surface area contributed by atoms with Gasteiger partial charge in [-0.1, -0.05) is 12.8 Å². The molecular formula is C10H16N2O2. The Morgan fingerprint density at radius 2 is 1.71 bits per heavy atom. The van der Waals surface area contributed by atoms with Gasteiger partial charge < -0.3 is 0 Å². The third-order valence-electron chi connectivity index (χ3n) is 3.03. The molecule has 0 saturated carbocycles. The first-order valence-corrected chi connectivity index (χ1v) is 5.35. The topological polar surface area (TPSA) is 49.4 Å². The van der Waals surface area contributed by atoms with Crippen molar-refractivity contribution in [3.63, 3.8) is 0 Å². The summed E-state index contributed by atoms with van der Waals surface area (Å²) in [5.41, 5.74) is 0. The molecule has 4 nitrogen and oxygen atoms in total. The molecule has 0 aromatic heterocycles. The van der Waals surface area contributed by atoms with Crippen molar-refractivity contribution in [3.05, 3.63) is 0 Å². The van der Waals surface area contributed by atoms with E-state index in [4.69, 9.17) is 0 Å². The monoisotopic (exact) mass is 196 g/mol. The maximum Gasteiger partial charge on any atom is 0.244 e. The minimum Gasteiger partial charge on any atom is -0.295 e. The first-order chi connectivity index (χ1) is 6.77. The van der Waals surface area contributed by atoms with Gasteiger partial charge in [-0.25, -0.2) is 0 Å². The van der Waals surface area contributed by atoms with Gasteiger partial charge in [0, 0.05) is 0 Å². The molecule has 0 aromatic rings. The molecule has 1 atom stereocenters. The maximum absolute atomic E-state index is 11.4. The van der Waals surface area contributed by atoms with Crippen molar-refractivity contribution in [2.75, 3.05) is 13.1 Å². The average Bonchev–Trinajstić information content (AvgIpc) is 2.43. The zero-order valence-electron chi connectivity index (χ0n) is 8.29. The number of hydrogen-bond donors (Lipinski definition) is 1. The summed E-state index contributed by atoms with van der Waals surface area (Å²) in [6, 6.07) is -0.180. The van der Waals surface area contributed by atoms with E-state index in [-0.39, 0.29) is 17.9 Å². The predicted octanol–water partition coefficient (Wildman–Crippen LogP) is 0.277. The van der Waals surface area contributed by atoms with Crippen LogP contribution in [0.15, 0.2) is 0 Å². The Bertz CT molecular complexity index is 245. The molecule has 2 fully saturated rings. The summed E-state index contributed by atoms with van der Waals surface area (Å²) in [6.45, 7) is 1.93. The highest BCUT2D eigenvalue weighted by Gasteiger charge is 2.35. The molecule has 2 amide bonds.